The van der Waals surface area contributed by atoms with Gasteiger partial charge in [0.15, 0.2) is 5.82 Å². The van der Waals surface area contributed by atoms with E-state index in [9.17, 15) is 4.79 Å². The number of thiophene rings is 1. The average Bonchev–Trinajstić information content (AvgIpc) is 3.33. The predicted octanol–water partition coefficient (Wildman–Crippen LogP) is 6.40. The summed E-state index contributed by atoms with van der Waals surface area (Å²) in [7, 11) is 0. The number of nitrogens with zero attached hydrogens (tertiary/aromatic N) is 2. The number of anilines is 1. The zero-order valence-electron chi connectivity index (χ0n) is 18.2. The third-order valence-corrected chi connectivity index (χ3v) is 6.11. The molecular formula is C25H24ClN3O2S. The van der Waals surface area contributed by atoms with Crippen LogP contribution < -0.4 is 10.1 Å². The largest absolute Gasteiger partial charge is 0.489 e. The first-order chi connectivity index (χ1) is 15.4. The Hall–Kier alpha value is -3.09. The van der Waals surface area contributed by atoms with E-state index in [0.717, 1.165) is 28.0 Å². The summed E-state index contributed by atoms with van der Waals surface area (Å²) in [4.78, 5) is 13.3. The van der Waals surface area contributed by atoms with Gasteiger partial charge in [-0.3, -0.25) is 9.48 Å². The third kappa shape index (κ3) is 5.58. The molecule has 32 heavy (non-hydrogen) atoms. The molecule has 4 aromatic rings. The van der Waals surface area contributed by atoms with Gasteiger partial charge in [0.2, 0.25) is 0 Å². The van der Waals surface area contributed by atoms with Gasteiger partial charge in [0.25, 0.3) is 5.91 Å². The first-order valence-electron chi connectivity index (χ1n) is 10.2. The molecule has 2 aromatic carbocycles. The number of rotatable bonds is 7. The minimum absolute atomic E-state index is 0.240. The number of aryl methyl sites for hydroxylation is 3. The van der Waals surface area contributed by atoms with Crippen molar-refractivity contribution in [3.63, 3.8) is 0 Å². The molecule has 164 valence electrons. The van der Waals surface area contributed by atoms with Crippen molar-refractivity contribution in [2.45, 2.75) is 33.9 Å². The Kier molecular flexibility index (Phi) is 6.63. The van der Waals surface area contributed by atoms with E-state index in [1.807, 2.05) is 62.5 Å². The Morgan fingerprint density at radius 3 is 2.59 bits per heavy atom. The highest BCUT2D eigenvalue weighted by Crippen LogP contribution is 2.24. The van der Waals surface area contributed by atoms with Crippen molar-refractivity contribution >= 4 is 34.7 Å². The summed E-state index contributed by atoms with van der Waals surface area (Å²) < 4.78 is 7.62. The van der Waals surface area contributed by atoms with E-state index >= 15 is 0 Å². The van der Waals surface area contributed by atoms with Crippen LogP contribution >= 0.6 is 22.9 Å². The molecule has 0 saturated carbocycles. The molecule has 0 saturated heterocycles. The molecular weight excluding hydrogens is 442 g/mol. The van der Waals surface area contributed by atoms with Crippen molar-refractivity contribution in [1.29, 1.82) is 0 Å². The molecule has 2 heterocycles. The van der Waals surface area contributed by atoms with Gasteiger partial charge in [-0.15, -0.1) is 11.3 Å². The van der Waals surface area contributed by atoms with Gasteiger partial charge in [0, 0.05) is 11.8 Å². The second-order valence-corrected chi connectivity index (χ2v) is 9.22. The van der Waals surface area contributed by atoms with Gasteiger partial charge in [-0.2, -0.15) is 5.10 Å². The molecule has 0 aliphatic rings. The summed E-state index contributed by atoms with van der Waals surface area (Å²) >= 11 is 7.67. The number of carbonyl (C=O) groups excluding carboxylic acids is 1. The number of halogens is 1. The van der Waals surface area contributed by atoms with Crippen LogP contribution in [0.2, 0.25) is 5.02 Å². The lowest BCUT2D eigenvalue weighted by Gasteiger charge is -2.07. The van der Waals surface area contributed by atoms with Crippen molar-refractivity contribution in [3.05, 3.63) is 97.8 Å². The van der Waals surface area contributed by atoms with Gasteiger partial charge in [-0.05, 0) is 61.0 Å². The molecule has 5 nitrogen and oxygen atoms in total. The quantitative estimate of drug-likeness (QED) is 0.343. The van der Waals surface area contributed by atoms with Crippen molar-refractivity contribution < 1.29 is 9.53 Å². The van der Waals surface area contributed by atoms with E-state index in [0.29, 0.717) is 28.9 Å². The van der Waals surface area contributed by atoms with Gasteiger partial charge in [-0.25, -0.2) is 0 Å². The lowest BCUT2D eigenvalue weighted by molar-refractivity contribution is 0.103. The Labute approximate surface area is 196 Å². The lowest BCUT2D eigenvalue weighted by Crippen LogP contribution is -2.11. The van der Waals surface area contributed by atoms with Crippen LogP contribution in [-0.2, 0) is 13.2 Å². The maximum absolute atomic E-state index is 12.7. The molecule has 0 bridgehead atoms. The maximum Gasteiger partial charge on any atom is 0.266 e. The number of aromatic nitrogens is 2. The fourth-order valence-electron chi connectivity index (χ4n) is 3.48. The molecule has 0 atom stereocenters. The molecule has 7 heteroatoms. The number of carbonyl (C=O) groups is 1. The molecule has 0 spiro atoms. The number of nitrogens with one attached hydrogen (secondary N) is 1. The molecule has 0 unspecified atom stereocenters. The smallest absolute Gasteiger partial charge is 0.266 e. The molecule has 4 rings (SSSR count). The van der Waals surface area contributed by atoms with Crippen molar-refractivity contribution in [2.24, 2.45) is 0 Å². The molecule has 0 fully saturated rings. The van der Waals surface area contributed by atoms with Gasteiger partial charge in [0.05, 0.1) is 11.4 Å². The Morgan fingerprint density at radius 1 is 1.06 bits per heavy atom. The van der Waals surface area contributed by atoms with Gasteiger partial charge >= 0.3 is 0 Å². The summed E-state index contributed by atoms with van der Waals surface area (Å²) in [5.74, 6) is 0.937. The first kappa shape index (κ1) is 22.1. The van der Waals surface area contributed by atoms with Crippen LogP contribution in [0, 0.1) is 20.8 Å². The van der Waals surface area contributed by atoms with E-state index in [2.05, 4.69) is 22.5 Å². The summed E-state index contributed by atoms with van der Waals surface area (Å²) in [6.45, 7) is 7.11. The number of hydrogen-bond donors (Lipinski definition) is 1. The molecule has 0 aliphatic heterocycles. The highest BCUT2D eigenvalue weighted by Gasteiger charge is 2.15. The molecule has 0 aliphatic carbocycles. The summed E-state index contributed by atoms with van der Waals surface area (Å²) in [6.07, 6.45) is 1.72. The fourth-order valence-corrected chi connectivity index (χ4v) is 4.47. The minimum Gasteiger partial charge on any atom is -0.489 e. The standard InChI is InChI=1S/C25H24ClN3O2S/c1-16-5-4-6-19(8-16)12-29-13-22(26)24(28-29)27-25(30)23-11-20(15-32-23)14-31-21-9-17(2)7-18(3)10-21/h4-11,13,15H,12,14H2,1-3H3,(H,27,28,30). The van der Waals surface area contributed by atoms with Crippen molar-refractivity contribution in [1.82, 2.24) is 9.78 Å². The normalized spacial score (nSPS) is 10.9. The average molecular weight is 466 g/mol. The Bertz CT molecular complexity index is 1240. The van der Waals surface area contributed by atoms with Gasteiger partial charge < -0.3 is 10.1 Å². The minimum atomic E-state index is -0.240. The lowest BCUT2D eigenvalue weighted by atomic mass is 10.1. The molecule has 2 aromatic heterocycles. The van der Waals surface area contributed by atoms with Crippen LogP contribution in [0.1, 0.15) is 37.5 Å². The number of benzene rings is 2. The van der Waals surface area contributed by atoms with Crippen LogP contribution in [0.5, 0.6) is 5.75 Å². The fraction of sp³-hybridized carbons (Fsp3) is 0.200. The van der Waals surface area contributed by atoms with Crippen molar-refractivity contribution in [2.75, 3.05) is 5.32 Å². The monoisotopic (exact) mass is 465 g/mol. The van der Waals surface area contributed by atoms with Crippen LogP contribution in [0.15, 0.2) is 60.1 Å². The van der Waals surface area contributed by atoms with E-state index < -0.39 is 0 Å². The highest BCUT2D eigenvalue weighted by molar-refractivity contribution is 7.12. The third-order valence-electron chi connectivity index (χ3n) is 4.85. The zero-order chi connectivity index (χ0) is 22.7. The van der Waals surface area contributed by atoms with Crippen LogP contribution in [0.4, 0.5) is 5.82 Å². The van der Waals surface area contributed by atoms with E-state index in [4.69, 9.17) is 16.3 Å². The summed E-state index contributed by atoms with van der Waals surface area (Å²) in [5, 5.41) is 9.57. The Balaban J connectivity index is 1.38. The van der Waals surface area contributed by atoms with E-state index in [1.165, 1.54) is 16.9 Å². The molecule has 0 radical (unpaired) electrons. The van der Waals surface area contributed by atoms with Crippen LogP contribution in [0.25, 0.3) is 0 Å². The summed E-state index contributed by atoms with van der Waals surface area (Å²) in [6, 6.07) is 16.1. The van der Waals surface area contributed by atoms with Gasteiger partial charge in [-0.1, -0.05) is 47.5 Å². The number of hydrogen-bond acceptors (Lipinski definition) is 4. The molecule has 1 N–H and O–H groups in total. The predicted molar refractivity (Wildman–Crippen MR) is 130 cm³/mol. The highest BCUT2D eigenvalue weighted by atomic mass is 35.5. The summed E-state index contributed by atoms with van der Waals surface area (Å²) in [5.41, 5.74) is 5.56. The zero-order valence-corrected chi connectivity index (χ0v) is 19.8. The topological polar surface area (TPSA) is 56.2 Å². The second-order valence-electron chi connectivity index (χ2n) is 7.90. The first-order valence-corrected chi connectivity index (χ1v) is 11.5. The van der Waals surface area contributed by atoms with E-state index in [-0.39, 0.29) is 5.91 Å². The second kappa shape index (κ2) is 9.59. The van der Waals surface area contributed by atoms with Crippen LogP contribution in [0.3, 0.4) is 0 Å². The maximum atomic E-state index is 12.7. The number of ether oxygens (including phenoxy) is 1. The van der Waals surface area contributed by atoms with Crippen LogP contribution in [-0.4, -0.2) is 15.7 Å². The molecule has 1 amide bonds. The van der Waals surface area contributed by atoms with Crippen molar-refractivity contribution in [3.8, 4) is 5.75 Å². The van der Waals surface area contributed by atoms with Gasteiger partial charge in [0.1, 0.15) is 17.4 Å². The SMILES string of the molecule is Cc1cccc(Cn2cc(Cl)c(NC(=O)c3cc(COc4cc(C)cc(C)c4)cs3)n2)c1. The Morgan fingerprint density at radius 2 is 1.84 bits per heavy atom. The van der Waals surface area contributed by atoms with E-state index in [1.54, 1.807) is 10.9 Å². The number of amides is 1.